The minimum absolute atomic E-state index is 0.0529. The zero-order chi connectivity index (χ0) is 30.8. The lowest BCUT2D eigenvalue weighted by atomic mass is 10.0. The molecule has 8 nitrogen and oxygen atoms in total. The summed E-state index contributed by atoms with van der Waals surface area (Å²) >= 11 is 6.05. The van der Waals surface area contributed by atoms with Gasteiger partial charge in [-0.15, -0.1) is 6.58 Å². The van der Waals surface area contributed by atoms with Gasteiger partial charge in [-0.05, 0) is 71.8 Å². The summed E-state index contributed by atoms with van der Waals surface area (Å²) in [5.74, 6) is -1.12. The highest BCUT2D eigenvalue weighted by Crippen LogP contribution is 2.25. The molecule has 4 aromatic rings. The average Bonchev–Trinajstić information content (AvgIpc) is 3.01. The van der Waals surface area contributed by atoms with Gasteiger partial charge in [-0.3, -0.25) is 14.3 Å². The second-order valence-electron chi connectivity index (χ2n) is 9.37. The van der Waals surface area contributed by atoms with E-state index in [0.29, 0.717) is 10.6 Å². The molecule has 222 valence electrons. The van der Waals surface area contributed by atoms with Crippen molar-refractivity contribution in [3.63, 3.8) is 0 Å². The number of carbonyl (C=O) groups excluding carboxylic acids is 2. The number of hydrogen-bond donors (Lipinski definition) is 2. The number of ether oxygens (including phenoxy) is 1. The second kappa shape index (κ2) is 14.5. The van der Waals surface area contributed by atoms with Crippen molar-refractivity contribution in [3.8, 4) is 5.75 Å². The van der Waals surface area contributed by atoms with E-state index in [9.17, 15) is 22.4 Å². The third-order valence-corrected chi connectivity index (χ3v) is 7.92. The molecular weight excluding hydrogens is 593 g/mol. The summed E-state index contributed by atoms with van der Waals surface area (Å²) in [5.41, 5.74) is 1.56. The monoisotopic (exact) mass is 621 g/mol. The Balaban J connectivity index is 1.53. The fourth-order valence-electron chi connectivity index (χ4n) is 4.16. The Morgan fingerprint density at radius 2 is 1.58 bits per heavy atom. The van der Waals surface area contributed by atoms with E-state index < -0.39 is 40.3 Å². The maximum absolute atomic E-state index is 13.7. The minimum Gasteiger partial charge on any atom is -0.484 e. The molecule has 1 atom stereocenters. The Labute approximate surface area is 254 Å². The van der Waals surface area contributed by atoms with Gasteiger partial charge in [0, 0.05) is 23.8 Å². The largest absolute Gasteiger partial charge is 0.484 e. The van der Waals surface area contributed by atoms with Crippen LogP contribution in [0.4, 0.5) is 10.1 Å². The number of nitrogens with zero attached hydrogens (tertiary/aromatic N) is 1. The van der Waals surface area contributed by atoms with Gasteiger partial charge >= 0.3 is 0 Å². The van der Waals surface area contributed by atoms with E-state index in [2.05, 4.69) is 16.6 Å². The summed E-state index contributed by atoms with van der Waals surface area (Å²) in [6.07, 6.45) is 1.55. The second-order valence-corrected chi connectivity index (χ2v) is 11.5. The Hall–Kier alpha value is -4.67. The van der Waals surface area contributed by atoms with E-state index in [0.717, 1.165) is 17.7 Å². The number of hydrogen-bond acceptors (Lipinski definition) is 5. The topological polar surface area (TPSA) is 105 Å². The molecule has 0 heterocycles. The predicted octanol–water partition coefficient (Wildman–Crippen LogP) is 5.73. The maximum atomic E-state index is 13.7. The van der Waals surface area contributed by atoms with Crippen LogP contribution in [-0.2, 0) is 26.2 Å². The lowest BCUT2D eigenvalue weighted by Crippen LogP contribution is -2.45. The fraction of sp³-hybridized carbons (Fsp3) is 0.125. The molecule has 2 N–H and O–H groups in total. The Morgan fingerprint density at radius 1 is 0.930 bits per heavy atom. The molecule has 0 saturated heterocycles. The number of nitrogens with one attached hydrogen (secondary N) is 2. The molecule has 0 radical (unpaired) electrons. The van der Waals surface area contributed by atoms with Crippen molar-refractivity contribution in [3.05, 3.63) is 138 Å². The van der Waals surface area contributed by atoms with Crippen LogP contribution in [0, 0.1) is 5.82 Å². The summed E-state index contributed by atoms with van der Waals surface area (Å²) in [7, 11) is -3.95. The summed E-state index contributed by atoms with van der Waals surface area (Å²) in [5, 5.41) is 3.32. The fourth-order valence-corrected chi connectivity index (χ4v) is 5.35. The van der Waals surface area contributed by atoms with Crippen molar-refractivity contribution < 1.29 is 27.1 Å². The highest BCUT2D eigenvalue weighted by atomic mass is 35.5. The number of amides is 2. The van der Waals surface area contributed by atoms with Crippen LogP contribution in [0.3, 0.4) is 0 Å². The molecule has 0 bridgehead atoms. The molecule has 0 aliphatic carbocycles. The van der Waals surface area contributed by atoms with Gasteiger partial charge in [0.05, 0.1) is 4.90 Å². The van der Waals surface area contributed by atoms with Gasteiger partial charge in [0.2, 0.25) is 5.91 Å². The molecule has 0 aliphatic heterocycles. The lowest BCUT2D eigenvalue weighted by molar-refractivity contribution is -0.143. The smallest absolute Gasteiger partial charge is 0.261 e. The van der Waals surface area contributed by atoms with Crippen molar-refractivity contribution >= 4 is 39.1 Å². The van der Waals surface area contributed by atoms with E-state index in [1.165, 1.54) is 41.3 Å². The minimum atomic E-state index is -3.95. The number of anilines is 1. The molecule has 0 aliphatic rings. The zero-order valence-corrected chi connectivity index (χ0v) is 24.5. The highest BCUT2D eigenvalue weighted by molar-refractivity contribution is 7.92. The van der Waals surface area contributed by atoms with Crippen molar-refractivity contribution in [2.75, 3.05) is 17.9 Å². The number of halogens is 2. The molecule has 0 saturated carbocycles. The third-order valence-electron chi connectivity index (χ3n) is 6.28. The van der Waals surface area contributed by atoms with Crippen LogP contribution >= 0.6 is 11.6 Å². The van der Waals surface area contributed by atoms with Crippen LogP contribution < -0.4 is 14.8 Å². The molecule has 2 amide bonds. The highest BCUT2D eigenvalue weighted by Gasteiger charge is 2.31. The normalized spacial score (nSPS) is 11.7. The molecule has 4 aromatic carbocycles. The Kier molecular flexibility index (Phi) is 10.5. The van der Waals surface area contributed by atoms with E-state index in [1.807, 2.05) is 6.07 Å². The van der Waals surface area contributed by atoms with E-state index in [1.54, 1.807) is 54.6 Å². The molecule has 0 fully saturated rings. The first-order chi connectivity index (χ1) is 20.7. The standard InChI is InChI=1S/C32H29ClFN3O5S/c1-2-20-35-32(39)31(24-6-4-3-5-7-24)37(21-23-8-10-25(33)11-9-23)30(38)22-42-28-16-18-29(19-17-28)43(40,41)36-27-14-12-26(34)13-15-27/h2-19,31,36H,1,20-22H2,(H,35,39)/t31-/m0/s1. The first-order valence-corrected chi connectivity index (χ1v) is 15.0. The van der Waals surface area contributed by atoms with Crippen molar-refractivity contribution in [1.29, 1.82) is 0 Å². The van der Waals surface area contributed by atoms with Gasteiger partial charge in [0.25, 0.3) is 15.9 Å². The molecule has 11 heteroatoms. The zero-order valence-electron chi connectivity index (χ0n) is 23.0. The molecule has 0 spiro atoms. The SMILES string of the molecule is C=CCNC(=O)[C@H](c1ccccc1)N(Cc1ccc(Cl)cc1)C(=O)COc1ccc(S(=O)(=O)Nc2ccc(F)cc2)cc1. The van der Waals surface area contributed by atoms with Crippen LogP contribution in [0.1, 0.15) is 17.2 Å². The van der Waals surface area contributed by atoms with Crippen molar-refractivity contribution in [1.82, 2.24) is 10.2 Å². The quantitative estimate of drug-likeness (QED) is 0.186. The maximum Gasteiger partial charge on any atom is 0.261 e. The Bertz CT molecular complexity index is 1650. The first kappa shape index (κ1) is 31.3. The first-order valence-electron chi connectivity index (χ1n) is 13.1. The average molecular weight is 622 g/mol. The third kappa shape index (κ3) is 8.67. The van der Waals surface area contributed by atoms with Crippen LogP contribution in [0.5, 0.6) is 5.75 Å². The molecule has 4 rings (SSSR count). The van der Waals surface area contributed by atoms with E-state index >= 15 is 0 Å². The van der Waals surface area contributed by atoms with E-state index in [4.69, 9.17) is 16.3 Å². The van der Waals surface area contributed by atoms with E-state index in [-0.39, 0.29) is 29.4 Å². The predicted molar refractivity (Wildman–Crippen MR) is 164 cm³/mol. The van der Waals surface area contributed by atoms with Crippen LogP contribution in [0.15, 0.2) is 121 Å². The van der Waals surface area contributed by atoms with Crippen LogP contribution in [0.25, 0.3) is 0 Å². The van der Waals surface area contributed by atoms with Crippen LogP contribution in [-0.4, -0.2) is 38.3 Å². The van der Waals surface area contributed by atoms with Gasteiger partial charge in [0.15, 0.2) is 6.61 Å². The van der Waals surface area contributed by atoms with Crippen LogP contribution in [0.2, 0.25) is 5.02 Å². The molecular formula is C32H29ClFN3O5S. The summed E-state index contributed by atoms with van der Waals surface area (Å²) in [4.78, 5) is 28.4. The van der Waals surface area contributed by atoms with Gasteiger partial charge < -0.3 is 15.0 Å². The summed E-state index contributed by atoms with van der Waals surface area (Å²) in [6, 6.07) is 25.3. The van der Waals surface area contributed by atoms with Gasteiger partial charge in [-0.1, -0.05) is 60.1 Å². The number of rotatable bonds is 13. The van der Waals surface area contributed by atoms with Crippen molar-refractivity contribution in [2.45, 2.75) is 17.5 Å². The summed E-state index contributed by atoms with van der Waals surface area (Å²) in [6.45, 7) is 3.53. The van der Waals surface area contributed by atoms with Gasteiger partial charge in [-0.25, -0.2) is 12.8 Å². The number of carbonyl (C=O) groups is 2. The lowest BCUT2D eigenvalue weighted by Gasteiger charge is -2.31. The molecule has 0 aromatic heterocycles. The van der Waals surface area contributed by atoms with Gasteiger partial charge in [-0.2, -0.15) is 0 Å². The van der Waals surface area contributed by atoms with Crippen molar-refractivity contribution in [2.24, 2.45) is 0 Å². The summed E-state index contributed by atoms with van der Waals surface area (Å²) < 4.78 is 46.8. The molecule has 43 heavy (non-hydrogen) atoms. The molecule has 0 unspecified atom stereocenters. The number of sulfonamides is 1. The Morgan fingerprint density at radius 3 is 2.21 bits per heavy atom. The number of benzene rings is 4. The van der Waals surface area contributed by atoms with Gasteiger partial charge in [0.1, 0.15) is 17.6 Å².